The van der Waals surface area contributed by atoms with Gasteiger partial charge in [-0.15, -0.1) is 0 Å². The van der Waals surface area contributed by atoms with Gasteiger partial charge in [0, 0.05) is 42.3 Å². The van der Waals surface area contributed by atoms with Crippen molar-refractivity contribution in [2.24, 2.45) is 5.92 Å². The summed E-state index contributed by atoms with van der Waals surface area (Å²) in [4.78, 5) is 4.73. The Morgan fingerprint density at radius 2 is 2.16 bits per heavy atom. The van der Waals surface area contributed by atoms with E-state index in [2.05, 4.69) is 20.6 Å². The van der Waals surface area contributed by atoms with E-state index in [-0.39, 0.29) is 11.9 Å². The molecule has 166 valence electrons. The van der Waals surface area contributed by atoms with Crippen molar-refractivity contribution in [2.45, 2.75) is 25.8 Å². The van der Waals surface area contributed by atoms with Crippen molar-refractivity contribution in [2.75, 3.05) is 25.1 Å². The lowest BCUT2D eigenvalue weighted by atomic mass is 10.0. The van der Waals surface area contributed by atoms with Gasteiger partial charge in [0.1, 0.15) is 17.4 Å². The van der Waals surface area contributed by atoms with Gasteiger partial charge in [0.25, 0.3) is 0 Å². The number of anilines is 1. The lowest BCUT2D eigenvalue weighted by Gasteiger charge is -2.24. The first-order chi connectivity index (χ1) is 15.7. The number of ether oxygens (including phenoxy) is 2. The quantitative estimate of drug-likeness (QED) is 0.451. The summed E-state index contributed by atoms with van der Waals surface area (Å²) in [6.45, 7) is 4.11. The van der Waals surface area contributed by atoms with Crippen molar-refractivity contribution >= 4 is 11.5 Å². The predicted octanol–water partition coefficient (Wildman–Crippen LogP) is 4.24. The monoisotopic (exact) mass is 436 g/mol. The zero-order valence-electron chi connectivity index (χ0n) is 17.8. The van der Waals surface area contributed by atoms with Crippen LogP contribution >= 0.6 is 0 Å². The molecular weight excluding hydrogens is 411 g/mol. The fourth-order valence-corrected chi connectivity index (χ4v) is 3.96. The third-order valence-corrected chi connectivity index (χ3v) is 5.80. The summed E-state index contributed by atoms with van der Waals surface area (Å²) >= 11 is 0. The van der Waals surface area contributed by atoms with Crippen molar-refractivity contribution in [3.8, 4) is 16.9 Å². The highest BCUT2D eigenvalue weighted by Crippen LogP contribution is 2.30. The maximum absolute atomic E-state index is 14.1. The third-order valence-electron chi connectivity index (χ3n) is 5.80. The van der Waals surface area contributed by atoms with Crippen molar-refractivity contribution in [3.63, 3.8) is 0 Å². The number of nitrogens with zero attached hydrogens (tertiary/aromatic N) is 4. The number of H-pyrrole nitrogens is 1. The summed E-state index contributed by atoms with van der Waals surface area (Å²) in [5.74, 6) is 1.50. The molecule has 1 fully saturated rings. The third kappa shape index (κ3) is 4.29. The van der Waals surface area contributed by atoms with E-state index in [1.165, 1.54) is 12.1 Å². The standard InChI is InChI=1S/C23H25FN6O2/c1-15(19-10-18(24)2-3-21(19)32-14-16-5-8-31-9-6-16)28-22-4-7-30-23(29-22)20(13-27-30)17-11-25-26-12-17/h2-4,7,10-13,15-16H,5-6,8-9,14H2,1H3,(H,25,26)(H,28,29). The number of benzene rings is 1. The van der Waals surface area contributed by atoms with Gasteiger partial charge in [0.2, 0.25) is 0 Å². The maximum atomic E-state index is 14.1. The highest BCUT2D eigenvalue weighted by atomic mass is 19.1. The van der Waals surface area contributed by atoms with Gasteiger partial charge in [-0.2, -0.15) is 10.2 Å². The van der Waals surface area contributed by atoms with E-state index in [1.54, 1.807) is 29.2 Å². The van der Waals surface area contributed by atoms with E-state index in [9.17, 15) is 4.39 Å². The van der Waals surface area contributed by atoms with Crippen LogP contribution in [0.15, 0.2) is 49.1 Å². The Morgan fingerprint density at radius 3 is 2.97 bits per heavy atom. The Hall–Kier alpha value is -3.46. The molecule has 4 aromatic rings. The molecule has 2 N–H and O–H groups in total. The first-order valence-corrected chi connectivity index (χ1v) is 10.8. The number of aromatic nitrogens is 5. The molecule has 32 heavy (non-hydrogen) atoms. The molecule has 1 saturated heterocycles. The average Bonchev–Trinajstić information content (AvgIpc) is 3.48. The van der Waals surface area contributed by atoms with Crippen LogP contribution < -0.4 is 10.1 Å². The Bertz CT molecular complexity index is 1190. The fraction of sp³-hybridized carbons (Fsp3) is 0.348. The van der Waals surface area contributed by atoms with Gasteiger partial charge in [0.15, 0.2) is 5.65 Å². The molecule has 0 radical (unpaired) electrons. The lowest BCUT2D eigenvalue weighted by molar-refractivity contribution is 0.0496. The van der Waals surface area contributed by atoms with Crippen LogP contribution in [0.3, 0.4) is 0 Å². The van der Waals surface area contributed by atoms with E-state index < -0.39 is 0 Å². The summed E-state index contributed by atoms with van der Waals surface area (Å²) in [7, 11) is 0. The van der Waals surface area contributed by atoms with Crippen LogP contribution in [0.1, 0.15) is 31.4 Å². The fourth-order valence-electron chi connectivity index (χ4n) is 3.96. The molecule has 1 unspecified atom stereocenters. The number of hydrogen-bond donors (Lipinski definition) is 2. The predicted molar refractivity (Wildman–Crippen MR) is 118 cm³/mol. The average molecular weight is 436 g/mol. The lowest BCUT2D eigenvalue weighted by Crippen LogP contribution is -2.22. The number of nitrogens with one attached hydrogen (secondary N) is 2. The first kappa shape index (κ1) is 20.4. The topological polar surface area (TPSA) is 89.4 Å². The zero-order chi connectivity index (χ0) is 21.9. The highest BCUT2D eigenvalue weighted by molar-refractivity contribution is 5.76. The molecule has 8 nitrogen and oxygen atoms in total. The minimum absolute atomic E-state index is 0.217. The molecular formula is C23H25FN6O2. The summed E-state index contributed by atoms with van der Waals surface area (Å²) in [5, 5.41) is 14.5. The number of aromatic amines is 1. The van der Waals surface area contributed by atoms with Crippen LogP contribution in [0.25, 0.3) is 16.8 Å². The SMILES string of the molecule is CC(Nc1ccn2ncc(-c3cn[nH]c3)c2n1)c1cc(F)ccc1OCC1CCOCC1. The van der Waals surface area contributed by atoms with Gasteiger partial charge in [-0.3, -0.25) is 5.10 Å². The van der Waals surface area contributed by atoms with Gasteiger partial charge in [0.05, 0.1) is 25.0 Å². The summed E-state index contributed by atoms with van der Waals surface area (Å²) in [5.41, 5.74) is 3.24. The number of rotatable bonds is 7. The Balaban J connectivity index is 1.36. The van der Waals surface area contributed by atoms with Crippen molar-refractivity contribution in [3.05, 3.63) is 60.4 Å². The van der Waals surface area contributed by atoms with E-state index in [1.807, 2.05) is 19.2 Å². The molecule has 4 heterocycles. The van der Waals surface area contributed by atoms with Gasteiger partial charge in [-0.05, 0) is 49.9 Å². The maximum Gasteiger partial charge on any atom is 0.165 e. The first-order valence-electron chi connectivity index (χ1n) is 10.8. The van der Waals surface area contributed by atoms with Crippen LogP contribution in [-0.2, 0) is 4.74 Å². The van der Waals surface area contributed by atoms with Crippen LogP contribution in [-0.4, -0.2) is 44.6 Å². The molecule has 1 aromatic carbocycles. The molecule has 3 aromatic heterocycles. The highest BCUT2D eigenvalue weighted by Gasteiger charge is 2.18. The minimum Gasteiger partial charge on any atom is -0.493 e. The van der Waals surface area contributed by atoms with Crippen LogP contribution in [0.4, 0.5) is 10.2 Å². The molecule has 0 saturated carbocycles. The molecule has 0 amide bonds. The zero-order valence-corrected chi connectivity index (χ0v) is 17.8. The van der Waals surface area contributed by atoms with E-state index in [4.69, 9.17) is 14.5 Å². The van der Waals surface area contributed by atoms with E-state index >= 15 is 0 Å². The molecule has 1 aliphatic rings. The van der Waals surface area contributed by atoms with E-state index in [0.29, 0.717) is 29.7 Å². The van der Waals surface area contributed by atoms with Gasteiger partial charge < -0.3 is 14.8 Å². The molecule has 5 rings (SSSR count). The van der Waals surface area contributed by atoms with Crippen LogP contribution in [0.5, 0.6) is 5.75 Å². The molecule has 9 heteroatoms. The van der Waals surface area contributed by atoms with Crippen LogP contribution in [0, 0.1) is 11.7 Å². The second-order valence-electron chi connectivity index (χ2n) is 8.04. The summed E-state index contributed by atoms with van der Waals surface area (Å²) in [6.07, 6.45) is 9.11. The Labute approximate surface area is 184 Å². The molecule has 0 bridgehead atoms. The van der Waals surface area contributed by atoms with Crippen LogP contribution in [0.2, 0.25) is 0 Å². The normalized spacial score (nSPS) is 15.7. The Kier molecular flexibility index (Phi) is 5.72. The summed E-state index contributed by atoms with van der Waals surface area (Å²) in [6, 6.07) is 6.28. The minimum atomic E-state index is -0.298. The molecule has 1 atom stereocenters. The molecule has 0 aliphatic carbocycles. The number of fused-ring (bicyclic) bond motifs is 1. The number of halogens is 1. The van der Waals surface area contributed by atoms with Gasteiger partial charge in [-0.1, -0.05) is 0 Å². The van der Waals surface area contributed by atoms with Gasteiger partial charge >= 0.3 is 0 Å². The smallest absolute Gasteiger partial charge is 0.165 e. The molecule has 0 spiro atoms. The summed E-state index contributed by atoms with van der Waals surface area (Å²) < 4.78 is 27.3. The largest absolute Gasteiger partial charge is 0.493 e. The van der Waals surface area contributed by atoms with Crippen molar-refractivity contribution < 1.29 is 13.9 Å². The Morgan fingerprint density at radius 1 is 1.28 bits per heavy atom. The van der Waals surface area contributed by atoms with Crippen molar-refractivity contribution in [1.29, 1.82) is 0 Å². The molecule has 1 aliphatic heterocycles. The number of hydrogen-bond acceptors (Lipinski definition) is 6. The van der Waals surface area contributed by atoms with Gasteiger partial charge in [-0.25, -0.2) is 13.9 Å². The van der Waals surface area contributed by atoms with Crippen molar-refractivity contribution in [1.82, 2.24) is 24.8 Å². The van der Waals surface area contributed by atoms with E-state index in [0.717, 1.165) is 42.7 Å². The second-order valence-corrected chi connectivity index (χ2v) is 8.04. The second kappa shape index (κ2) is 8.96.